The molecule has 1 fully saturated rings. The molecule has 0 aromatic carbocycles. The van der Waals surface area contributed by atoms with Crippen LogP contribution in [0.2, 0.25) is 0 Å². The highest BCUT2D eigenvalue weighted by Crippen LogP contribution is 2.26. The molecule has 1 aliphatic rings. The lowest BCUT2D eigenvalue weighted by Gasteiger charge is -2.20. The zero-order valence-electron chi connectivity index (χ0n) is 14.8. The third kappa shape index (κ3) is 4.17. The maximum Gasteiger partial charge on any atom is 0.322 e. The zero-order valence-corrected chi connectivity index (χ0v) is 14.8. The third-order valence-electron chi connectivity index (χ3n) is 4.03. The number of anilines is 2. The summed E-state index contributed by atoms with van der Waals surface area (Å²) in [7, 11) is 3.86. The smallest absolute Gasteiger partial charge is 0.322 e. The quantitative estimate of drug-likeness (QED) is 0.925. The van der Waals surface area contributed by atoms with Crippen molar-refractivity contribution in [1.29, 1.82) is 0 Å². The second-order valence-electron chi connectivity index (χ2n) is 6.38. The Labute approximate surface area is 147 Å². The van der Waals surface area contributed by atoms with Gasteiger partial charge in [0.05, 0.1) is 18.4 Å². The number of carbonyl (C=O) groups is 1. The van der Waals surface area contributed by atoms with E-state index in [9.17, 15) is 4.79 Å². The van der Waals surface area contributed by atoms with Gasteiger partial charge in [0.15, 0.2) is 11.6 Å². The van der Waals surface area contributed by atoms with E-state index in [0.29, 0.717) is 18.8 Å². The number of aromatic nitrogens is 2. The van der Waals surface area contributed by atoms with Crippen LogP contribution in [0.4, 0.5) is 16.3 Å². The SMILES string of the molecule is Cc1cncc(NC(=O)N2CCC(Oc3cccnc3N(C)C)C2)c1. The molecule has 1 unspecified atom stereocenters. The highest BCUT2D eigenvalue weighted by molar-refractivity contribution is 5.89. The molecular formula is C18H23N5O2. The number of hydrogen-bond acceptors (Lipinski definition) is 5. The molecule has 0 spiro atoms. The largest absolute Gasteiger partial charge is 0.485 e. The van der Waals surface area contributed by atoms with E-state index in [-0.39, 0.29) is 12.1 Å². The number of nitrogens with zero attached hydrogens (tertiary/aromatic N) is 4. The van der Waals surface area contributed by atoms with Gasteiger partial charge >= 0.3 is 6.03 Å². The van der Waals surface area contributed by atoms with Gasteiger partial charge in [0.25, 0.3) is 0 Å². The number of nitrogens with one attached hydrogen (secondary N) is 1. The van der Waals surface area contributed by atoms with Crippen LogP contribution in [-0.4, -0.2) is 54.2 Å². The van der Waals surface area contributed by atoms with Crippen molar-refractivity contribution in [2.45, 2.75) is 19.4 Å². The lowest BCUT2D eigenvalue weighted by Crippen LogP contribution is -2.34. The highest BCUT2D eigenvalue weighted by atomic mass is 16.5. The molecule has 0 saturated carbocycles. The predicted molar refractivity (Wildman–Crippen MR) is 97.2 cm³/mol. The lowest BCUT2D eigenvalue weighted by atomic mass is 10.3. The number of pyridine rings is 2. The van der Waals surface area contributed by atoms with Crippen LogP contribution < -0.4 is 15.0 Å². The minimum Gasteiger partial charge on any atom is -0.485 e. The van der Waals surface area contributed by atoms with Gasteiger partial charge in [0.1, 0.15) is 6.10 Å². The minimum atomic E-state index is -0.127. The average Bonchev–Trinajstić information content (AvgIpc) is 3.04. The van der Waals surface area contributed by atoms with Crippen molar-refractivity contribution in [3.8, 4) is 5.75 Å². The summed E-state index contributed by atoms with van der Waals surface area (Å²) in [5.74, 6) is 1.53. The third-order valence-corrected chi connectivity index (χ3v) is 4.03. The summed E-state index contributed by atoms with van der Waals surface area (Å²) in [5.41, 5.74) is 1.71. The Balaban J connectivity index is 1.59. The van der Waals surface area contributed by atoms with E-state index in [2.05, 4.69) is 15.3 Å². The second kappa shape index (κ2) is 7.38. The highest BCUT2D eigenvalue weighted by Gasteiger charge is 2.28. The van der Waals surface area contributed by atoms with Crippen LogP contribution in [0.5, 0.6) is 5.75 Å². The number of ether oxygens (including phenoxy) is 1. The van der Waals surface area contributed by atoms with Gasteiger partial charge in [-0.1, -0.05) is 0 Å². The standard InChI is InChI=1S/C18H23N5O2/c1-13-9-14(11-19-10-13)21-18(24)23-8-6-15(12-23)25-16-5-4-7-20-17(16)22(2)3/h4-5,7,9-11,15H,6,8,12H2,1-3H3,(H,21,24). The molecular weight excluding hydrogens is 318 g/mol. The molecule has 1 atom stereocenters. The molecule has 2 amide bonds. The van der Waals surface area contributed by atoms with Crippen LogP contribution in [0.15, 0.2) is 36.8 Å². The Bertz CT molecular complexity index is 750. The molecule has 0 bridgehead atoms. The van der Waals surface area contributed by atoms with Crippen molar-refractivity contribution >= 4 is 17.5 Å². The zero-order chi connectivity index (χ0) is 17.8. The van der Waals surface area contributed by atoms with E-state index in [4.69, 9.17) is 4.74 Å². The molecule has 3 rings (SSSR count). The van der Waals surface area contributed by atoms with Crippen LogP contribution in [-0.2, 0) is 0 Å². The van der Waals surface area contributed by atoms with Crippen LogP contribution in [0.3, 0.4) is 0 Å². The molecule has 1 saturated heterocycles. The molecule has 132 valence electrons. The summed E-state index contributed by atoms with van der Waals surface area (Å²) in [6, 6.07) is 5.53. The van der Waals surface area contributed by atoms with Crippen LogP contribution in [0.1, 0.15) is 12.0 Å². The molecule has 2 aromatic heterocycles. The lowest BCUT2D eigenvalue weighted by molar-refractivity contribution is 0.195. The molecule has 1 N–H and O–H groups in total. The first-order chi connectivity index (χ1) is 12.0. The van der Waals surface area contributed by atoms with Crippen LogP contribution >= 0.6 is 0 Å². The fraction of sp³-hybridized carbons (Fsp3) is 0.389. The summed E-state index contributed by atoms with van der Waals surface area (Å²) in [6.45, 7) is 3.15. The molecule has 1 aliphatic heterocycles. The Morgan fingerprint density at radius 1 is 1.40 bits per heavy atom. The van der Waals surface area contributed by atoms with Gasteiger partial charge in [-0.2, -0.15) is 0 Å². The van der Waals surface area contributed by atoms with Gasteiger partial charge in [-0.05, 0) is 30.7 Å². The van der Waals surface area contributed by atoms with Crippen LogP contribution in [0, 0.1) is 6.92 Å². The van der Waals surface area contributed by atoms with E-state index < -0.39 is 0 Å². The van der Waals surface area contributed by atoms with Gasteiger partial charge < -0.3 is 19.9 Å². The molecule has 0 aliphatic carbocycles. The van der Waals surface area contributed by atoms with Gasteiger partial charge in [0, 0.05) is 39.5 Å². The Kier molecular flexibility index (Phi) is 5.02. The first kappa shape index (κ1) is 17.0. The first-order valence-corrected chi connectivity index (χ1v) is 8.29. The predicted octanol–water partition coefficient (Wildman–Crippen LogP) is 2.54. The summed E-state index contributed by atoms with van der Waals surface area (Å²) < 4.78 is 6.08. The summed E-state index contributed by atoms with van der Waals surface area (Å²) in [4.78, 5) is 24.5. The van der Waals surface area contributed by atoms with Gasteiger partial charge in [-0.3, -0.25) is 4.98 Å². The van der Waals surface area contributed by atoms with Crippen molar-refractivity contribution in [2.75, 3.05) is 37.4 Å². The van der Waals surface area contributed by atoms with Gasteiger partial charge in [-0.15, -0.1) is 0 Å². The van der Waals surface area contributed by atoms with Gasteiger partial charge in [0.2, 0.25) is 0 Å². The van der Waals surface area contributed by atoms with Crippen LogP contribution in [0.25, 0.3) is 0 Å². The second-order valence-corrected chi connectivity index (χ2v) is 6.38. The minimum absolute atomic E-state index is 0.0377. The number of hydrogen-bond donors (Lipinski definition) is 1. The van der Waals surface area contributed by atoms with Crippen molar-refractivity contribution in [3.63, 3.8) is 0 Å². The molecule has 0 radical (unpaired) electrons. The molecule has 3 heterocycles. The topological polar surface area (TPSA) is 70.6 Å². The molecule has 25 heavy (non-hydrogen) atoms. The molecule has 7 heteroatoms. The Hall–Kier alpha value is -2.83. The monoisotopic (exact) mass is 341 g/mol. The summed E-state index contributed by atoms with van der Waals surface area (Å²) in [6.07, 6.45) is 5.90. The van der Waals surface area contributed by atoms with Crippen molar-refractivity contribution in [3.05, 3.63) is 42.4 Å². The number of carbonyl (C=O) groups excluding carboxylic acids is 1. The van der Waals surface area contributed by atoms with Crippen molar-refractivity contribution < 1.29 is 9.53 Å². The molecule has 7 nitrogen and oxygen atoms in total. The number of rotatable bonds is 4. The molecule has 2 aromatic rings. The van der Waals surface area contributed by atoms with Crippen molar-refractivity contribution in [1.82, 2.24) is 14.9 Å². The number of amides is 2. The first-order valence-electron chi connectivity index (χ1n) is 8.29. The number of urea groups is 1. The van der Waals surface area contributed by atoms with E-state index >= 15 is 0 Å². The maximum atomic E-state index is 12.4. The summed E-state index contributed by atoms with van der Waals surface area (Å²) >= 11 is 0. The number of aryl methyl sites for hydroxylation is 1. The maximum absolute atomic E-state index is 12.4. The summed E-state index contributed by atoms with van der Waals surface area (Å²) in [5, 5.41) is 2.89. The van der Waals surface area contributed by atoms with E-state index in [0.717, 1.165) is 23.6 Å². The normalized spacial score (nSPS) is 16.6. The van der Waals surface area contributed by atoms with Gasteiger partial charge in [-0.25, -0.2) is 9.78 Å². The average molecular weight is 341 g/mol. The van der Waals surface area contributed by atoms with E-state index in [1.807, 2.05) is 44.1 Å². The van der Waals surface area contributed by atoms with Crippen molar-refractivity contribution in [2.24, 2.45) is 0 Å². The fourth-order valence-corrected chi connectivity index (χ4v) is 2.82. The van der Waals surface area contributed by atoms with E-state index in [1.54, 1.807) is 23.5 Å². The fourth-order valence-electron chi connectivity index (χ4n) is 2.82. The van der Waals surface area contributed by atoms with E-state index in [1.165, 1.54) is 0 Å². The number of likely N-dealkylation sites (tertiary alicyclic amines) is 1. The Morgan fingerprint density at radius 2 is 2.24 bits per heavy atom. The Morgan fingerprint density at radius 3 is 3.00 bits per heavy atom.